The zero-order valence-electron chi connectivity index (χ0n) is 13.7. The van der Waals surface area contributed by atoms with E-state index in [9.17, 15) is 18.0 Å². The van der Waals surface area contributed by atoms with Crippen molar-refractivity contribution in [3.8, 4) is 5.75 Å². The fourth-order valence-electron chi connectivity index (χ4n) is 2.46. The van der Waals surface area contributed by atoms with E-state index in [-0.39, 0.29) is 10.9 Å². The number of nitrogens with one attached hydrogen (secondary N) is 1. The first-order chi connectivity index (χ1) is 12.8. The van der Waals surface area contributed by atoms with Gasteiger partial charge in [-0.3, -0.25) is 5.41 Å². The van der Waals surface area contributed by atoms with E-state index in [1.54, 1.807) is 42.5 Å². The van der Waals surface area contributed by atoms with Crippen molar-refractivity contribution in [3.63, 3.8) is 0 Å². The zero-order valence-corrected chi connectivity index (χ0v) is 13.7. The number of esters is 1. The van der Waals surface area contributed by atoms with E-state index in [0.29, 0.717) is 11.1 Å². The lowest BCUT2D eigenvalue weighted by Gasteiger charge is -2.14. The van der Waals surface area contributed by atoms with Crippen molar-refractivity contribution in [1.82, 2.24) is 0 Å². The maximum absolute atomic E-state index is 12.6. The number of rotatable bonds is 4. The molecule has 27 heavy (non-hydrogen) atoms. The second-order valence-electron chi connectivity index (χ2n) is 5.57. The van der Waals surface area contributed by atoms with Gasteiger partial charge in [-0.15, -0.1) is 0 Å². The molecule has 0 amide bonds. The van der Waals surface area contributed by atoms with E-state index in [1.165, 1.54) is 18.4 Å². The summed E-state index contributed by atoms with van der Waals surface area (Å²) in [7, 11) is 0. The van der Waals surface area contributed by atoms with Crippen molar-refractivity contribution in [1.29, 1.82) is 5.41 Å². The quantitative estimate of drug-likeness (QED) is 0.307. The van der Waals surface area contributed by atoms with Gasteiger partial charge in [0.2, 0.25) is 0 Å². The summed E-state index contributed by atoms with van der Waals surface area (Å²) in [6.45, 7) is 0. The molecule has 1 heterocycles. The number of benzene rings is 2. The molecule has 3 N–H and O–H groups in total. The summed E-state index contributed by atoms with van der Waals surface area (Å²) < 4.78 is 47.5. The number of hydrogen-bond donors (Lipinski definition) is 2. The van der Waals surface area contributed by atoms with Crippen molar-refractivity contribution in [3.05, 3.63) is 65.6 Å². The van der Waals surface area contributed by atoms with Gasteiger partial charge >= 0.3 is 12.1 Å². The van der Waals surface area contributed by atoms with Gasteiger partial charge in [-0.2, -0.15) is 13.2 Å². The molecule has 8 heteroatoms. The van der Waals surface area contributed by atoms with Crippen LogP contribution in [0.25, 0.3) is 22.9 Å². The summed E-state index contributed by atoms with van der Waals surface area (Å²) in [4.78, 5) is 11.3. The topological polar surface area (TPSA) is 89.3 Å². The third kappa shape index (κ3) is 4.00. The Hall–Kier alpha value is -3.55. The van der Waals surface area contributed by atoms with E-state index in [0.717, 1.165) is 5.56 Å². The van der Waals surface area contributed by atoms with Gasteiger partial charge in [0.05, 0.1) is 11.8 Å². The van der Waals surface area contributed by atoms with E-state index in [2.05, 4.69) is 4.74 Å². The van der Waals surface area contributed by atoms with Gasteiger partial charge < -0.3 is 14.9 Å². The Morgan fingerprint density at radius 2 is 1.93 bits per heavy atom. The summed E-state index contributed by atoms with van der Waals surface area (Å²) in [5.41, 5.74) is 6.07. The summed E-state index contributed by atoms with van der Waals surface area (Å²) in [5.74, 6) is -2.64. The standard InChI is InChI=1S/C19H13F3N2O3/c20-19(21,22)18(25)27-16-14-7-4-11(3-6-13-2-1-9-26-13)10-12(14)5-8-15(16)17(23)24/h1-10H,(H3,23,24)/b6-3+. The first kappa shape index (κ1) is 18.2. The van der Waals surface area contributed by atoms with Crippen molar-refractivity contribution < 1.29 is 27.1 Å². The number of furan rings is 1. The Labute approximate surface area is 151 Å². The molecule has 0 bridgehead atoms. The van der Waals surface area contributed by atoms with Crippen LogP contribution in [0.2, 0.25) is 0 Å². The third-order valence-corrected chi connectivity index (χ3v) is 3.69. The molecular weight excluding hydrogens is 361 g/mol. The molecule has 2 aromatic carbocycles. The van der Waals surface area contributed by atoms with Crippen LogP contribution in [-0.4, -0.2) is 18.0 Å². The maximum Gasteiger partial charge on any atom is 0.491 e. The predicted octanol–water partition coefficient (Wildman–Crippen LogP) is 4.35. The molecule has 0 spiro atoms. The van der Waals surface area contributed by atoms with Crippen LogP contribution in [0.4, 0.5) is 13.2 Å². The lowest BCUT2D eigenvalue weighted by Crippen LogP contribution is -2.29. The number of nitrogens with two attached hydrogens (primary N) is 1. The Kier molecular flexibility index (Phi) is 4.72. The predicted molar refractivity (Wildman–Crippen MR) is 94.3 cm³/mol. The molecule has 1 aromatic heterocycles. The Morgan fingerprint density at radius 3 is 2.56 bits per heavy atom. The number of alkyl halides is 3. The van der Waals surface area contributed by atoms with Crippen LogP contribution >= 0.6 is 0 Å². The van der Waals surface area contributed by atoms with E-state index >= 15 is 0 Å². The molecule has 3 rings (SSSR count). The molecule has 0 aliphatic heterocycles. The van der Waals surface area contributed by atoms with Crippen molar-refractivity contribution >= 4 is 34.7 Å². The summed E-state index contributed by atoms with van der Waals surface area (Å²) in [5, 5.41) is 8.28. The minimum absolute atomic E-state index is 0.0982. The SMILES string of the molecule is N=C(N)c1ccc2cc(/C=C/c3ccco3)ccc2c1OC(=O)C(F)(F)F. The zero-order chi connectivity index (χ0) is 19.6. The van der Waals surface area contributed by atoms with Crippen molar-refractivity contribution in [2.75, 3.05) is 0 Å². The average Bonchev–Trinajstić information content (AvgIpc) is 3.12. The highest BCUT2D eigenvalue weighted by molar-refractivity contribution is 6.05. The summed E-state index contributed by atoms with van der Waals surface area (Å²) in [6, 6.07) is 11.3. The van der Waals surface area contributed by atoms with Gasteiger partial charge in [0.15, 0.2) is 0 Å². The monoisotopic (exact) mass is 374 g/mol. The highest BCUT2D eigenvalue weighted by Crippen LogP contribution is 2.32. The van der Waals surface area contributed by atoms with Crippen molar-refractivity contribution in [2.45, 2.75) is 6.18 Å². The van der Waals surface area contributed by atoms with Crippen LogP contribution in [0, 0.1) is 5.41 Å². The number of hydrogen-bond acceptors (Lipinski definition) is 4. The fraction of sp³-hybridized carbons (Fsp3) is 0.0526. The van der Waals surface area contributed by atoms with Gasteiger partial charge in [-0.1, -0.05) is 24.3 Å². The average molecular weight is 374 g/mol. The molecule has 0 aliphatic carbocycles. The minimum atomic E-state index is -5.16. The second kappa shape index (κ2) is 6.99. The highest BCUT2D eigenvalue weighted by Gasteiger charge is 2.42. The molecule has 138 valence electrons. The molecule has 5 nitrogen and oxygen atoms in total. The number of amidine groups is 1. The highest BCUT2D eigenvalue weighted by atomic mass is 19.4. The van der Waals surface area contributed by atoms with Crippen LogP contribution < -0.4 is 10.5 Å². The number of carbonyl (C=O) groups is 1. The second-order valence-corrected chi connectivity index (χ2v) is 5.57. The van der Waals surface area contributed by atoms with Crippen LogP contribution in [0.1, 0.15) is 16.9 Å². The number of halogens is 3. The molecule has 3 aromatic rings. The normalized spacial score (nSPS) is 11.8. The van der Waals surface area contributed by atoms with Crippen LogP contribution in [0.5, 0.6) is 5.75 Å². The van der Waals surface area contributed by atoms with Crippen LogP contribution in [-0.2, 0) is 4.79 Å². The van der Waals surface area contributed by atoms with Gasteiger partial charge in [0.25, 0.3) is 0 Å². The van der Waals surface area contributed by atoms with Crippen LogP contribution in [0.3, 0.4) is 0 Å². The lowest BCUT2D eigenvalue weighted by molar-refractivity contribution is -0.189. The summed E-state index contributed by atoms with van der Waals surface area (Å²) in [6.07, 6.45) is -0.138. The van der Waals surface area contributed by atoms with Crippen molar-refractivity contribution in [2.24, 2.45) is 5.73 Å². The third-order valence-electron chi connectivity index (χ3n) is 3.69. The largest absolute Gasteiger partial charge is 0.491 e. The minimum Gasteiger partial charge on any atom is -0.465 e. The van der Waals surface area contributed by atoms with E-state index in [1.807, 2.05) is 0 Å². The summed E-state index contributed by atoms with van der Waals surface area (Å²) >= 11 is 0. The maximum atomic E-state index is 12.6. The molecule has 0 saturated heterocycles. The molecule has 0 aliphatic rings. The fourth-order valence-corrected chi connectivity index (χ4v) is 2.46. The van der Waals surface area contributed by atoms with Crippen LogP contribution in [0.15, 0.2) is 53.1 Å². The molecule has 0 radical (unpaired) electrons. The smallest absolute Gasteiger partial charge is 0.465 e. The van der Waals surface area contributed by atoms with Gasteiger partial charge in [-0.25, -0.2) is 4.79 Å². The first-order valence-electron chi connectivity index (χ1n) is 7.67. The van der Waals surface area contributed by atoms with Gasteiger partial charge in [-0.05, 0) is 41.3 Å². The Bertz CT molecular complexity index is 1040. The number of ether oxygens (including phenoxy) is 1. The van der Waals surface area contributed by atoms with Gasteiger partial charge in [0.1, 0.15) is 17.3 Å². The van der Waals surface area contributed by atoms with Gasteiger partial charge in [0, 0.05) is 5.39 Å². The van der Waals surface area contributed by atoms with E-state index in [4.69, 9.17) is 15.6 Å². The molecule has 0 unspecified atom stereocenters. The molecular formula is C19H13F3N2O3. The molecule has 0 fully saturated rings. The van der Waals surface area contributed by atoms with E-state index < -0.39 is 23.7 Å². The molecule has 0 saturated carbocycles. The Morgan fingerprint density at radius 1 is 1.15 bits per heavy atom. The lowest BCUT2D eigenvalue weighted by atomic mass is 10.0. The Balaban J connectivity index is 2.04. The first-order valence-corrected chi connectivity index (χ1v) is 7.67. The number of fused-ring (bicyclic) bond motifs is 1. The number of nitrogen functional groups attached to an aromatic ring is 1. The molecule has 0 atom stereocenters. The number of carbonyl (C=O) groups excluding carboxylic acids is 1.